The molecule has 30 heavy (non-hydrogen) atoms. The molecule has 2 N–H and O–H groups in total. The standard InChI is InChI=1S/C22H22NO6P/c1-13-18-17(14(2)24)21(25)23(18)19(22(26)27)20(13)29-30(28,15-9-5-3-6-10-15)16-11-7-4-8-12-16/h3-14,17-18,24H,1-2H3,(H,26,27)/t13?,14-,17?,18+/m1/s1. The van der Waals surface area contributed by atoms with E-state index in [1.54, 1.807) is 67.6 Å². The zero-order valence-electron chi connectivity index (χ0n) is 16.5. The fourth-order valence-corrected chi connectivity index (χ4v) is 6.45. The van der Waals surface area contributed by atoms with Crippen molar-refractivity contribution in [1.29, 1.82) is 0 Å². The first-order valence-corrected chi connectivity index (χ1v) is 11.3. The fraction of sp³-hybridized carbons (Fsp3) is 0.273. The van der Waals surface area contributed by atoms with Crippen molar-refractivity contribution in [3.8, 4) is 0 Å². The number of aliphatic carboxylic acids is 1. The highest BCUT2D eigenvalue weighted by molar-refractivity contribution is 7.74. The van der Waals surface area contributed by atoms with Crippen LogP contribution in [0.3, 0.4) is 0 Å². The molecule has 1 fully saturated rings. The molecule has 0 aliphatic carbocycles. The Balaban J connectivity index is 1.83. The van der Waals surface area contributed by atoms with Crippen LogP contribution >= 0.6 is 7.37 Å². The highest BCUT2D eigenvalue weighted by Gasteiger charge is 2.61. The molecule has 2 aliphatic heterocycles. The van der Waals surface area contributed by atoms with Gasteiger partial charge in [-0.3, -0.25) is 14.3 Å². The summed E-state index contributed by atoms with van der Waals surface area (Å²) in [6, 6.07) is 16.7. The van der Waals surface area contributed by atoms with E-state index in [4.69, 9.17) is 4.52 Å². The van der Waals surface area contributed by atoms with Gasteiger partial charge in [0.15, 0.2) is 5.70 Å². The zero-order chi connectivity index (χ0) is 21.6. The van der Waals surface area contributed by atoms with E-state index in [0.717, 1.165) is 4.90 Å². The Morgan fingerprint density at radius 3 is 2.00 bits per heavy atom. The maximum Gasteiger partial charge on any atom is 0.356 e. The molecule has 7 nitrogen and oxygen atoms in total. The first kappa shape index (κ1) is 20.4. The smallest absolute Gasteiger partial charge is 0.356 e. The number of carbonyl (C=O) groups is 2. The molecule has 156 valence electrons. The molecule has 2 aliphatic rings. The third kappa shape index (κ3) is 2.97. The average molecular weight is 427 g/mol. The van der Waals surface area contributed by atoms with E-state index in [1.807, 2.05) is 0 Å². The monoisotopic (exact) mass is 427 g/mol. The minimum absolute atomic E-state index is 0.0000365. The van der Waals surface area contributed by atoms with Crippen LogP contribution in [0, 0.1) is 11.8 Å². The van der Waals surface area contributed by atoms with Crippen LogP contribution in [0.25, 0.3) is 0 Å². The molecule has 1 saturated heterocycles. The highest BCUT2D eigenvalue weighted by atomic mass is 31.2. The lowest BCUT2D eigenvalue weighted by Crippen LogP contribution is -2.63. The summed E-state index contributed by atoms with van der Waals surface area (Å²) in [5.74, 6) is -3.05. The topological polar surface area (TPSA) is 104 Å². The summed E-state index contributed by atoms with van der Waals surface area (Å²) in [6.45, 7) is 3.23. The number of fused-ring (bicyclic) bond motifs is 1. The second-order valence-electron chi connectivity index (χ2n) is 7.59. The number of aliphatic hydroxyl groups is 1. The van der Waals surface area contributed by atoms with Crippen LogP contribution in [0.5, 0.6) is 0 Å². The molecule has 2 aromatic rings. The van der Waals surface area contributed by atoms with E-state index in [9.17, 15) is 24.4 Å². The summed E-state index contributed by atoms with van der Waals surface area (Å²) in [5.41, 5.74) is -0.304. The average Bonchev–Trinajstić information content (AvgIpc) is 2.97. The molecule has 0 saturated carbocycles. The predicted molar refractivity (Wildman–Crippen MR) is 110 cm³/mol. The molecule has 0 spiro atoms. The number of carboxylic acid groups (broad SMARTS) is 1. The van der Waals surface area contributed by atoms with E-state index in [-0.39, 0.29) is 11.5 Å². The number of β-lactam (4-membered cyclic amide) rings is 1. The lowest BCUT2D eigenvalue weighted by molar-refractivity contribution is -0.163. The van der Waals surface area contributed by atoms with E-state index in [1.165, 1.54) is 6.92 Å². The normalized spacial score (nSPS) is 24.3. The Bertz CT molecular complexity index is 1020. The molecule has 2 aromatic carbocycles. The molecular formula is C22H22NO6P. The van der Waals surface area contributed by atoms with Crippen molar-refractivity contribution in [1.82, 2.24) is 4.90 Å². The molecule has 4 rings (SSSR count). The maximum atomic E-state index is 14.2. The number of amides is 1. The van der Waals surface area contributed by atoms with Crippen LogP contribution in [0.1, 0.15) is 13.8 Å². The van der Waals surface area contributed by atoms with Gasteiger partial charge in [0.1, 0.15) is 5.76 Å². The maximum absolute atomic E-state index is 14.2. The van der Waals surface area contributed by atoms with Crippen LogP contribution in [0.2, 0.25) is 0 Å². The van der Waals surface area contributed by atoms with Crippen molar-refractivity contribution in [3.05, 3.63) is 72.1 Å². The van der Waals surface area contributed by atoms with Crippen LogP contribution in [-0.2, 0) is 18.7 Å². The molecule has 8 heteroatoms. The molecule has 0 bridgehead atoms. The lowest BCUT2D eigenvalue weighted by atomic mass is 9.79. The van der Waals surface area contributed by atoms with Gasteiger partial charge in [0.05, 0.1) is 28.7 Å². The van der Waals surface area contributed by atoms with Crippen molar-refractivity contribution in [2.75, 3.05) is 0 Å². The van der Waals surface area contributed by atoms with Crippen LogP contribution in [0.15, 0.2) is 72.1 Å². The number of carboxylic acids is 1. The molecular weight excluding hydrogens is 405 g/mol. The van der Waals surface area contributed by atoms with Crippen LogP contribution < -0.4 is 10.6 Å². The summed E-state index contributed by atoms with van der Waals surface area (Å²) in [6.07, 6.45) is -0.925. The van der Waals surface area contributed by atoms with Gasteiger partial charge in [-0.15, -0.1) is 0 Å². The summed E-state index contributed by atoms with van der Waals surface area (Å²) in [5, 5.41) is 20.7. The van der Waals surface area contributed by atoms with Gasteiger partial charge in [-0.25, -0.2) is 4.79 Å². The third-order valence-electron chi connectivity index (χ3n) is 5.73. The predicted octanol–water partition coefficient (Wildman–Crippen LogP) is 2.09. The Morgan fingerprint density at radius 2 is 1.57 bits per heavy atom. The highest BCUT2D eigenvalue weighted by Crippen LogP contribution is 2.54. The summed E-state index contributed by atoms with van der Waals surface area (Å²) in [4.78, 5) is 25.7. The summed E-state index contributed by atoms with van der Waals surface area (Å²) < 4.78 is 20.3. The van der Waals surface area contributed by atoms with E-state index >= 15 is 0 Å². The summed E-state index contributed by atoms with van der Waals surface area (Å²) >= 11 is 0. The van der Waals surface area contributed by atoms with Gasteiger partial charge in [-0.05, 0) is 31.2 Å². The molecule has 0 radical (unpaired) electrons. The molecule has 2 heterocycles. The van der Waals surface area contributed by atoms with Crippen molar-refractivity contribution in [3.63, 3.8) is 0 Å². The zero-order valence-corrected chi connectivity index (χ0v) is 17.4. The van der Waals surface area contributed by atoms with E-state index < -0.39 is 43.2 Å². The third-order valence-corrected chi connectivity index (χ3v) is 8.14. The largest absolute Gasteiger partial charge is 0.476 e. The van der Waals surface area contributed by atoms with Crippen LogP contribution in [-0.4, -0.2) is 39.1 Å². The number of aliphatic hydroxyl groups excluding tert-OH is 1. The number of nitrogens with zero attached hydrogens (tertiary/aromatic N) is 1. The van der Waals surface area contributed by atoms with Crippen molar-refractivity contribution in [2.24, 2.45) is 11.8 Å². The lowest BCUT2D eigenvalue weighted by Gasteiger charge is -2.46. The van der Waals surface area contributed by atoms with Gasteiger partial charge in [-0.1, -0.05) is 43.3 Å². The van der Waals surface area contributed by atoms with Crippen LogP contribution in [0.4, 0.5) is 0 Å². The number of hydrogen-bond donors (Lipinski definition) is 2. The van der Waals surface area contributed by atoms with E-state index in [2.05, 4.69) is 0 Å². The number of benzene rings is 2. The van der Waals surface area contributed by atoms with Gasteiger partial charge in [0.2, 0.25) is 5.91 Å². The quantitative estimate of drug-likeness (QED) is 0.541. The first-order chi connectivity index (χ1) is 14.3. The van der Waals surface area contributed by atoms with Crippen molar-refractivity contribution in [2.45, 2.75) is 26.0 Å². The Kier molecular flexibility index (Phi) is 5.04. The fourth-order valence-electron chi connectivity index (χ4n) is 4.28. The SMILES string of the molecule is CC1C(OP(=O)(c2ccccc2)c2ccccc2)=C(C(=O)O)N2C(=O)C([C@@H](C)O)[C@H]12. The van der Waals surface area contributed by atoms with Gasteiger partial charge in [-0.2, -0.15) is 0 Å². The number of rotatable bonds is 6. The number of hydrogen-bond acceptors (Lipinski definition) is 5. The Hall–Kier alpha value is -2.89. The van der Waals surface area contributed by atoms with Gasteiger partial charge in [0, 0.05) is 5.92 Å². The van der Waals surface area contributed by atoms with Crippen molar-refractivity contribution >= 4 is 29.9 Å². The minimum atomic E-state index is -3.70. The summed E-state index contributed by atoms with van der Waals surface area (Å²) in [7, 11) is -3.70. The molecule has 4 atom stereocenters. The molecule has 2 unspecified atom stereocenters. The van der Waals surface area contributed by atoms with Crippen molar-refractivity contribution < 1.29 is 28.9 Å². The molecule has 0 aromatic heterocycles. The van der Waals surface area contributed by atoms with Gasteiger partial charge in [0.25, 0.3) is 0 Å². The number of carbonyl (C=O) groups excluding carboxylic acids is 1. The Labute approximate surface area is 174 Å². The first-order valence-electron chi connectivity index (χ1n) is 9.67. The second-order valence-corrected chi connectivity index (χ2v) is 9.90. The van der Waals surface area contributed by atoms with Gasteiger partial charge < -0.3 is 14.7 Å². The van der Waals surface area contributed by atoms with E-state index in [0.29, 0.717) is 10.6 Å². The van der Waals surface area contributed by atoms with Gasteiger partial charge >= 0.3 is 13.3 Å². The molecule has 1 amide bonds. The Morgan fingerprint density at radius 1 is 1.07 bits per heavy atom. The minimum Gasteiger partial charge on any atom is -0.476 e. The second kappa shape index (κ2) is 7.42.